The standard InChI is InChI=1S/C30H42NO2.Y/c1-26(2)12-9-18-10-13-30(7)24(19(18)16-26)21(32)15-23-28(5)17-20(31-8)25(33)27(3,4)22(28)11-14-29(23,30)6;/h17,19,22-24H,9-16H2,1-7H3;/q-1;/t19-,22+,23?,24+,28+,29-,30-;/m1./s1. The minimum Gasteiger partial charge on any atom is -0.310 e. The molecule has 5 aliphatic carbocycles. The van der Waals surface area contributed by atoms with Gasteiger partial charge < -0.3 is 10.7 Å². The van der Waals surface area contributed by atoms with Crippen LogP contribution in [-0.2, 0) is 42.3 Å². The predicted octanol–water partition coefficient (Wildman–Crippen LogP) is 7.22. The molecule has 4 saturated carbocycles. The summed E-state index contributed by atoms with van der Waals surface area (Å²) in [5, 5.41) is 0. The molecule has 0 spiro atoms. The molecule has 0 aliphatic heterocycles. The average molecular weight is 538 g/mol. The number of ketones is 2. The summed E-state index contributed by atoms with van der Waals surface area (Å²) in [7, 11) is 0. The minimum atomic E-state index is -0.549. The van der Waals surface area contributed by atoms with Crippen molar-refractivity contribution in [2.45, 2.75) is 99.8 Å². The number of fused-ring (bicyclic) bond motifs is 7. The Balaban J connectivity index is 0.00000274. The maximum atomic E-state index is 14.1. The molecule has 4 fully saturated rings. The van der Waals surface area contributed by atoms with E-state index in [0.717, 1.165) is 25.7 Å². The molecule has 3 nitrogen and oxygen atoms in total. The van der Waals surface area contributed by atoms with Gasteiger partial charge in [0.15, 0.2) is 5.78 Å². The fraction of sp³-hybridized carbons (Fsp3) is 0.800. The molecule has 0 heterocycles. The van der Waals surface area contributed by atoms with Crippen LogP contribution in [0, 0.1) is 63.2 Å². The molecular weight excluding hydrogens is 495 g/mol. The Labute approximate surface area is 232 Å². The maximum absolute atomic E-state index is 14.1. The Bertz CT molecular complexity index is 988. The molecule has 0 amide bonds. The number of carbonyl (C=O) groups is 2. The first-order valence-electron chi connectivity index (χ1n) is 13.2. The zero-order valence-corrected chi connectivity index (χ0v) is 25.2. The molecule has 7 atom stereocenters. The Hall–Kier alpha value is -0.326. The quantitative estimate of drug-likeness (QED) is 0.306. The molecule has 0 aromatic rings. The summed E-state index contributed by atoms with van der Waals surface area (Å²) < 4.78 is 0. The summed E-state index contributed by atoms with van der Waals surface area (Å²) in [6.07, 6.45) is 10.6. The summed E-state index contributed by atoms with van der Waals surface area (Å²) in [6.45, 7) is 23.8. The van der Waals surface area contributed by atoms with Gasteiger partial charge >= 0.3 is 0 Å². The monoisotopic (exact) mass is 537 g/mol. The normalized spacial score (nSPS) is 47.1. The number of Topliss-reactive ketones (excluding diaryl/α,β-unsaturated/α-hetero) is 2. The van der Waals surface area contributed by atoms with Crippen molar-refractivity contribution in [1.29, 1.82) is 0 Å². The van der Waals surface area contributed by atoms with Crippen LogP contribution in [0.15, 0.2) is 11.8 Å². The molecule has 0 aromatic heterocycles. The van der Waals surface area contributed by atoms with E-state index in [-0.39, 0.29) is 72.5 Å². The molecule has 34 heavy (non-hydrogen) atoms. The van der Waals surface area contributed by atoms with Gasteiger partial charge in [0.2, 0.25) is 5.70 Å². The molecule has 5 rings (SSSR count). The first kappa shape index (κ1) is 26.7. The number of nitrogens with zero attached hydrogens (tertiary/aromatic N) is 1. The van der Waals surface area contributed by atoms with E-state index in [4.69, 9.17) is 6.57 Å². The topological polar surface area (TPSA) is 38.5 Å². The number of rotatable bonds is 0. The average Bonchev–Trinajstić information content (AvgIpc) is 2.72. The number of hydrogen-bond acceptors (Lipinski definition) is 2. The van der Waals surface area contributed by atoms with Gasteiger partial charge in [-0.25, -0.2) is 4.85 Å². The van der Waals surface area contributed by atoms with E-state index in [0.29, 0.717) is 29.2 Å². The number of allylic oxidation sites excluding steroid dienone is 2. The Morgan fingerprint density at radius 2 is 1.59 bits per heavy atom. The third-order valence-electron chi connectivity index (χ3n) is 12.0. The zero-order chi connectivity index (χ0) is 24.2. The molecule has 0 saturated heterocycles. The molecule has 0 aromatic carbocycles. The molecule has 5 aliphatic rings. The molecule has 1 radical (unpaired) electrons. The molecular formula is C30H42NO2Y-. The molecule has 183 valence electrons. The molecule has 4 heteroatoms. The Morgan fingerprint density at radius 1 is 0.941 bits per heavy atom. The number of carbonyl (C=O) groups excluding carboxylic acids is 2. The molecule has 0 N–H and O–H groups in total. The van der Waals surface area contributed by atoms with Crippen molar-refractivity contribution in [1.82, 2.24) is 0 Å². The summed E-state index contributed by atoms with van der Waals surface area (Å²) in [5.74, 6) is 3.11. The van der Waals surface area contributed by atoms with Crippen LogP contribution in [0.25, 0.3) is 4.85 Å². The minimum absolute atomic E-state index is 0. The predicted molar refractivity (Wildman–Crippen MR) is 131 cm³/mol. The maximum Gasteiger partial charge on any atom is 0.226 e. The second-order valence-electron chi connectivity index (χ2n) is 14.3. The van der Waals surface area contributed by atoms with Crippen LogP contribution in [0.4, 0.5) is 0 Å². The third-order valence-corrected chi connectivity index (χ3v) is 12.0. The van der Waals surface area contributed by atoms with Crippen molar-refractivity contribution in [2.24, 2.45) is 50.7 Å². The second kappa shape index (κ2) is 8.09. The van der Waals surface area contributed by atoms with Crippen LogP contribution < -0.4 is 0 Å². The Kier molecular flexibility index (Phi) is 6.36. The molecule has 1 unspecified atom stereocenters. The van der Waals surface area contributed by atoms with Crippen molar-refractivity contribution in [3.63, 3.8) is 0 Å². The fourth-order valence-corrected chi connectivity index (χ4v) is 10.0. The van der Waals surface area contributed by atoms with Gasteiger partial charge in [0.05, 0.1) is 6.57 Å². The van der Waals surface area contributed by atoms with Crippen LogP contribution in [0.1, 0.15) is 99.8 Å². The molecule has 0 bridgehead atoms. The van der Waals surface area contributed by atoms with Crippen LogP contribution in [-0.4, -0.2) is 11.6 Å². The van der Waals surface area contributed by atoms with E-state index < -0.39 is 5.41 Å². The van der Waals surface area contributed by atoms with E-state index in [1.54, 1.807) is 5.92 Å². The van der Waals surface area contributed by atoms with Crippen LogP contribution in [0.5, 0.6) is 0 Å². The van der Waals surface area contributed by atoms with Crippen molar-refractivity contribution in [3.8, 4) is 0 Å². The van der Waals surface area contributed by atoms with Gasteiger partial charge in [0.1, 0.15) is 5.78 Å². The van der Waals surface area contributed by atoms with Gasteiger partial charge in [0, 0.05) is 44.5 Å². The van der Waals surface area contributed by atoms with Crippen LogP contribution in [0.2, 0.25) is 0 Å². The summed E-state index contributed by atoms with van der Waals surface area (Å²) in [4.78, 5) is 30.9. The van der Waals surface area contributed by atoms with Gasteiger partial charge in [-0.1, -0.05) is 73.8 Å². The van der Waals surface area contributed by atoms with Crippen LogP contribution >= 0.6 is 0 Å². The van der Waals surface area contributed by atoms with Gasteiger partial charge in [-0.15, -0.1) is 0 Å². The van der Waals surface area contributed by atoms with Gasteiger partial charge in [-0.3, -0.25) is 4.79 Å². The van der Waals surface area contributed by atoms with Crippen molar-refractivity contribution in [2.75, 3.05) is 0 Å². The first-order valence-corrected chi connectivity index (χ1v) is 13.2. The van der Waals surface area contributed by atoms with Crippen molar-refractivity contribution < 1.29 is 42.3 Å². The van der Waals surface area contributed by atoms with E-state index >= 15 is 0 Å². The van der Waals surface area contributed by atoms with E-state index in [2.05, 4.69) is 39.5 Å². The first-order chi connectivity index (χ1) is 15.2. The van der Waals surface area contributed by atoms with Gasteiger partial charge in [-0.2, -0.15) is 18.8 Å². The fourth-order valence-electron chi connectivity index (χ4n) is 10.0. The Morgan fingerprint density at radius 3 is 2.24 bits per heavy atom. The van der Waals surface area contributed by atoms with Crippen molar-refractivity contribution >= 4 is 11.6 Å². The smallest absolute Gasteiger partial charge is 0.226 e. The van der Waals surface area contributed by atoms with Gasteiger partial charge in [-0.05, 0) is 52.3 Å². The third kappa shape index (κ3) is 3.32. The summed E-state index contributed by atoms with van der Waals surface area (Å²) in [5.41, 5.74) is -0.189. The SMILES string of the molecule is [C-]#[N+]C1=C[C@]2(C)C3CC(=O)[C@@H]4[C@@H]5CC(C)(C)CC[C-]5CC[C@@]4(C)[C@]3(C)CC[C@H]2C(C)(C)C1=O.[Y]. The second-order valence-corrected chi connectivity index (χ2v) is 14.3. The van der Waals surface area contributed by atoms with Crippen molar-refractivity contribution in [3.05, 3.63) is 29.1 Å². The van der Waals surface area contributed by atoms with Gasteiger partial charge in [0.25, 0.3) is 0 Å². The summed E-state index contributed by atoms with van der Waals surface area (Å²) in [6, 6.07) is 0. The van der Waals surface area contributed by atoms with E-state index in [1.165, 1.54) is 19.3 Å². The largest absolute Gasteiger partial charge is 0.310 e. The van der Waals surface area contributed by atoms with Crippen LogP contribution in [0.3, 0.4) is 0 Å². The zero-order valence-electron chi connectivity index (χ0n) is 22.4. The number of hydrogen-bond donors (Lipinski definition) is 0. The summed E-state index contributed by atoms with van der Waals surface area (Å²) >= 11 is 0. The van der Waals surface area contributed by atoms with E-state index in [1.807, 2.05) is 19.9 Å². The van der Waals surface area contributed by atoms with E-state index in [9.17, 15) is 9.59 Å².